The maximum atomic E-state index is 4.38. The average molecular weight is 236 g/mol. The monoisotopic (exact) mass is 236 g/mol. The van der Waals surface area contributed by atoms with Crippen LogP contribution in [0.5, 0.6) is 0 Å². The highest BCUT2D eigenvalue weighted by Gasteiger charge is 2.29. The molecule has 2 rings (SSSR count). The predicted molar refractivity (Wildman–Crippen MR) is 71.2 cm³/mol. The molecule has 1 aromatic rings. The Labute approximate surface area is 104 Å². The third kappa shape index (κ3) is 2.63. The zero-order valence-corrected chi connectivity index (χ0v) is 11.6. The highest BCUT2D eigenvalue weighted by Crippen LogP contribution is 2.25. The van der Waals surface area contributed by atoms with Crippen LogP contribution in [0.4, 0.5) is 5.69 Å². The summed E-state index contributed by atoms with van der Waals surface area (Å²) in [6, 6.07) is 1.21. The number of aryl methyl sites for hydroxylation is 2. The molecule has 3 atom stereocenters. The van der Waals surface area contributed by atoms with E-state index in [2.05, 4.69) is 49.3 Å². The molecule has 4 heteroatoms. The van der Waals surface area contributed by atoms with Gasteiger partial charge in [0.1, 0.15) is 0 Å². The quantitative estimate of drug-likeness (QED) is 0.851. The van der Waals surface area contributed by atoms with Crippen molar-refractivity contribution in [3.05, 3.63) is 11.9 Å². The second-order valence-corrected chi connectivity index (χ2v) is 5.55. The van der Waals surface area contributed by atoms with E-state index >= 15 is 0 Å². The fourth-order valence-corrected chi connectivity index (χ4v) is 2.68. The molecule has 0 aromatic carbocycles. The molecule has 1 aliphatic heterocycles. The summed E-state index contributed by atoms with van der Waals surface area (Å²) in [6.45, 7) is 7.85. The van der Waals surface area contributed by atoms with Crippen molar-refractivity contribution < 1.29 is 0 Å². The van der Waals surface area contributed by atoms with E-state index in [1.54, 1.807) is 0 Å². The van der Waals surface area contributed by atoms with Gasteiger partial charge in [-0.25, -0.2) is 0 Å². The first-order valence-electron chi connectivity index (χ1n) is 6.44. The molecule has 0 saturated carbocycles. The van der Waals surface area contributed by atoms with Crippen molar-refractivity contribution in [1.82, 2.24) is 14.7 Å². The molecule has 1 aliphatic rings. The first-order chi connectivity index (χ1) is 7.97. The van der Waals surface area contributed by atoms with Gasteiger partial charge in [-0.05, 0) is 33.2 Å². The summed E-state index contributed by atoms with van der Waals surface area (Å²) in [4.78, 5) is 2.44. The molecule has 17 heavy (non-hydrogen) atoms. The number of piperidine rings is 1. The standard InChI is InChI=1S/C13H24N4/c1-9-7-16(4)10(2)6-12(9)14-13-8-17(5)15-11(13)3/h8-10,12,14H,6-7H2,1-5H3. The van der Waals surface area contributed by atoms with E-state index in [9.17, 15) is 0 Å². The fourth-order valence-electron chi connectivity index (χ4n) is 2.68. The van der Waals surface area contributed by atoms with Gasteiger partial charge in [0.15, 0.2) is 0 Å². The first-order valence-corrected chi connectivity index (χ1v) is 6.44. The van der Waals surface area contributed by atoms with E-state index in [4.69, 9.17) is 0 Å². The van der Waals surface area contributed by atoms with Gasteiger partial charge in [-0.1, -0.05) is 6.92 Å². The number of hydrogen-bond donors (Lipinski definition) is 1. The Morgan fingerprint density at radius 1 is 1.35 bits per heavy atom. The Bertz CT molecular complexity index is 385. The highest BCUT2D eigenvalue weighted by molar-refractivity contribution is 5.46. The Balaban J connectivity index is 2.06. The topological polar surface area (TPSA) is 33.1 Å². The third-order valence-electron chi connectivity index (χ3n) is 3.96. The SMILES string of the molecule is Cc1nn(C)cc1NC1CC(C)N(C)CC1C. The summed E-state index contributed by atoms with van der Waals surface area (Å²) in [6.07, 6.45) is 3.27. The summed E-state index contributed by atoms with van der Waals surface area (Å²) in [5, 5.41) is 8.04. The van der Waals surface area contributed by atoms with Crippen molar-refractivity contribution in [2.45, 2.75) is 39.3 Å². The van der Waals surface area contributed by atoms with Crippen LogP contribution in [0.1, 0.15) is 26.0 Å². The molecule has 1 N–H and O–H groups in total. The van der Waals surface area contributed by atoms with Gasteiger partial charge in [-0.15, -0.1) is 0 Å². The smallest absolute Gasteiger partial charge is 0.0825 e. The van der Waals surface area contributed by atoms with Crippen molar-refractivity contribution >= 4 is 5.69 Å². The summed E-state index contributed by atoms with van der Waals surface area (Å²) in [7, 11) is 4.19. The van der Waals surface area contributed by atoms with Gasteiger partial charge in [-0.2, -0.15) is 5.10 Å². The second-order valence-electron chi connectivity index (χ2n) is 5.55. The van der Waals surface area contributed by atoms with Crippen LogP contribution in [0.15, 0.2) is 6.20 Å². The molecule has 0 radical (unpaired) electrons. The molecule has 0 bridgehead atoms. The van der Waals surface area contributed by atoms with Gasteiger partial charge in [0.2, 0.25) is 0 Å². The van der Waals surface area contributed by atoms with Gasteiger partial charge < -0.3 is 10.2 Å². The lowest BCUT2D eigenvalue weighted by Crippen LogP contribution is -2.48. The van der Waals surface area contributed by atoms with Crippen LogP contribution in [-0.2, 0) is 7.05 Å². The molecule has 0 aliphatic carbocycles. The Hall–Kier alpha value is -1.03. The molecule has 3 unspecified atom stereocenters. The largest absolute Gasteiger partial charge is 0.379 e. The van der Waals surface area contributed by atoms with E-state index in [1.807, 2.05) is 11.7 Å². The number of hydrogen-bond acceptors (Lipinski definition) is 3. The minimum Gasteiger partial charge on any atom is -0.379 e. The maximum Gasteiger partial charge on any atom is 0.0825 e. The molecule has 0 amide bonds. The lowest BCUT2D eigenvalue weighted by atomic mass is 9.89. The summed E-state index contributed by atoms with van der Waals surface area (Å²) in [5.41, 5.74) is 2.27. The van der Waals surface area contributed by atoms with E-state index in [0.29, 0.717) is 18.0 Å². The Morgan fingerprint density at radius 3 is 2.65 bits per heavy atom. The molecule has 0 spiro atoms. The lowest BCUT2D eigenvalue weighted by molar-refractivity contribution is 0.145. The molecule has 1 aromatic heterocycles. The van der Waals surface area contributed by atoms with Crippen molar-refractivity contribution in [2.24, 2.45) is 13.0 Å². The summed E-state index contributed by atoms with van der Waals surface area (Å²) >= 11 is 0. The number of nitrogens with zero attached hydrogens (tertiary/aromatic N) is 3. The summed E-state index contributed by atoms with van der Waals surface area (Å²) < 4.78 is 1.88. The number of anilines is 1. The summed E-state index contributed by atoms with van der Waals surface area (Å²) in [5.74, 6) is 0.677. The van der Waals surface area contributed by atoms with E-state index in [-0.39, 0.29) is 0 Å². The highest BCUT2D eigenvalue weighted by atomic mass is 15.3. The second kappa shape index (κ2) is 4.69. The Kier molecular flexibility index (Phi) is 3.43. The van der Waals surface area contributed by atoms with Crippen molar-refractivity contribution in [1.29, 1.82) is 0 Å². The predicted octanol–water partition coefficient (Wildman–Crippen LogP) is 1.87. The zero-order chi connectivity index (χ0) is 12.6. The van der Waals surface area contributed by atoms with Crippen LogP contribution < -0.4 is 5.32 Å². The molecule has 96 valence electrons. The molecule has 4 nitrogen and oxygen atoms in total. The average Bonchev–Trinajstić information content (AvgIpc) is 2.54. The van der Waals surface area contributed by atoms with Crippen molar-refractivity contribution in [2.75, 3.05) is 18.9 Å². The maximum absolute atomic E-state index is 4.38. The van der Waals surface area contributed by atoms with Crippen LogP contribution in [0.3, 0.4) is 0 Å². The molecule has 2 heterocycles. The van der Waals surface area contributed by atoms with Crippen LogP contribution in [-0.4, -0.2) is 40.4 Å². The number of likely N-dealkylation sites (tertiary alicyclic amines) is 1. The van der Waals surface area contributed by atoms with E-state index < -0.39 is 0 Å². The van der Waals surface area contributed by atoms with Crippen molar-refractivity contribution in [3.63, 3.8) is 0 Å². The number of nitrogens with one attached hydrogen (secondary N) is 1. The molecule has 1 fully saturated rings. The Morgan fingerprint density at radius 2 is 2.06 bits per heavy atom. The van der Waals surface area contributed by atoms with Crippen LogP contribution in [0.2, 0.25) is 0 Å². The molecule has 1 saturated heterocycles. The number of aromatic nitrogens is 2. The van der Waals surface area contributed by atoms with Gasteiger partial charge in [0, 0.05) is 31.9 Å². The van der Waals surface area contributed by atoms with E-state index in [0.717, 1.165) is 12.2 Å². The normalized spacial score (nSPS) is 30.5. The first kappa shape index (κ1) is 12.4. The number of rotatable bonds is 2. The van der Waals surface area contributed by atoms with Gasteiger partial charge in [0.25, 0.3) is 0 Å². The lowest BCUT2D eigenvalue weighted by Gasteiger charge is -2.40. The van der Waals surface area contributed by atoms with Crippen molar-refractivity contribution in [3.8, 4) is 0 Å². The minimum atomic E-state index is 0.559. The third-order valence-corrected chi connectivity index (χ3v) is 3.96. The van der Waals surface area contributed by atoms with Gasteiger partial charge in [-0.3, -0.25) is 4.68 Å². The molecular formula is C13H24N4. The van der Waals surface area contributed by atoms with Gasteiger partial charge >= 0.3 is 0 Å². The fraction of sp³-hybridized carbons (Fsp3) is 0.769. The van der Waals surface area contributed by atoms with Gasteiger partial charge in [0.05, 0.1) is 11.4 Å². The zero-order valence-electron chi connectivity index (χ0n) is 11.6. The molecular weight excluding hydrogens is 212 g/mol. The van der Waals surface area contributed by atoms with Crippen LogP contribution in [0.25, 0.3) is 0 Å². The van der Waals surface area contributed by atoms with Crippen LogP contribution in [0, 0.1) is 12.8 Å². The minimum absolute atomic E-state index is 0.559. The van der Waals surface area contributed by atoms with E-state index in [1.165, 1.54) is 12.1 Å². The van der Waals surface area contributed by atoms with Crippen LogP contribution >= 0.6 is 0 Å².